The molecule has 1 N–H and O–H groups in total. The Labute approximate surface area is 158 Å². The smallest absolute Gasteiger partial charge is 0.124 e. The second-order valence-corrected chi connectivity index (χ2v) is 7.36. The highest BCUT2D eigenvalue weighted by Crippen LogP contribution is 2.24. The molecule has 0 unspecified atom stereocenters. The third-order valence-corrected chi connectivity index (χ3v) is 4.31. The van der Waals surface area contributed by atoms with E-state index in [0.29, 0.717) is 6.61 Å². The molecule has 24 heavy (non-hydrogen) atoms. The van der Waals surface area contributed by atoms with E-state index in [4.69, 9.17) is 16.3 Å². The fourth-order valence-corrected chi connectivity index (χ4v) is 2.98. The van der Waals surface area contributed by atoms with Gasteiger partial charge in [0.15, 0.2) is 0 Å². The van der Waals surface area contributed by atoms with Crippen molar-refractivity contribution >= 4 is 27.5 Å². The van der Waals surface area contributed by atoms with Gasteiger partial charge in [-0.3, -0.25) is 0 Å². The molecule has 0 aliphatic rings. The molecule has 0 aliphatic heterocycles. The van der Waals surface area contributed by atoms with Gasteiger partial charge in [0, 0.05) is 21.6 Å². The van der Waals surface area contributed by atoms with Crippen molar-refractivity contribution in [1.29, 1.82) is 0 Å². The first-order valence-electron chi connectivity index (χ1n) is 8.06. The molecule has 0 saturated carbocycles. The maximum Gasteiger partial charge on any atom is 0.124 e. The van der Waals surface area contributed by atoms with Gasteiger partial charge in [-0.05, 0) is 69.5 Å². The van der Waals surface area contributed by atoms with E-state index < -0.39 is 0 Å². The van der Waals surface area contributed by atoms with E-state index in [9.17, 15) is 0 Å². The summed E-state index contributed by atoms with van der Waals surface area (Å²) in [6.45, 7) is 3.37. The summed E-state index contributed by atoms with van der Waals surface area (Å²) in [5.74, 6) is 0.901. The Morgan fingerprint density at radius 1 is 1.17 bits per heavy atom. The van der Waals surface area contributed by atoms with E-state index in [-0.39, 0.29) is 0 Å². The summed E-state index contributed by atoms with van der Waals surface area (Å²) in [7, 11) is 4.19. The Morgan fingerprint density at radius 3 is 2.75 bits per heavy atom. The molecule has 3 nitrogen and oxygen atoms in total. The number of rotatable bonds is 9. The monoisotopic (exact) mass is 410 g/mol. The van der Waals surface area contributed by atoms with Crippen LogP contribution < -0.4 is 10.1 Å². The number of halogens is 2. The average molecular weight is 412 g/mol. The second-order valence-electron chi connectivity index (χ2n) is 6.00. The highest BCUT2D eigenvalue weighted by atomic mass is 79.9. The minimum Gasteiger partial charge on any atom is -0.489 e. The molecule has 0 heterocycles. The number of hydrogen-bond acceptors (Lipinski definition) is 3. The third-order valence-electron chi connectivity index (χ3n) is 3.58. The fourth-order valence-electron chi connectivity index (χ4n) is 2.36. The SMILES string of the molecule is CN(C)CCCNCc1cc(Br)ccc1OCc1cccc(Cl)c1. The molecule has 2 aromatic carbocycles. The number of benzene rings is 2. The molecule has 0 spiro atoms. The van der Waals surface area contributed by atoms with Gasteiger partial charge in [0.25, 0.3) is 0 Å². The van der Waals surface area contributed by atoms with Gasteiger partial charge in [-0.1, -0.05) is 39.7 Å². The lowest BCUT2D eigenvalue weighted by Crippen LogP contribution is -2.21. The Balaban J connectivity index is 1.91. The summed E-state index contributed by atoms with van der Waals surface area (Å²) in [5, 5.41) is 4.21. The van der Waals surface area contributed by atoms with Crippen molar-refractivity contribution in [3.05, 3.63) is 63.1 Å². The van der Waals surface area contributed by atoms with Crippen LogP contribution in [0, 0.1) is 0 Å². The van der Waals surface area contributed by atoms with Crippen LogP contribution in [0.1, 0.15) is 17.5 Å². The molecule has 0 saturated heterocycles. The topological polar surface area (TPSA) is 24.5 Å². The van der Waals surface area contributed by atoms with Crippen LogP contribution in [0.15, 0.2) is 46.9 Å². The average Bonchev–Trinajstić information content (AvgIpc) is 2.53. The zero-order valence-corrected chi connectivity index (χ0v) is 16.5. The Morgan fingerprint density at radius 2 is 2.00 bits per heavy atom. The molecule has 130 valence electrons. The summed E-state index contributed by atoms with van der Waals surface area (Å²) in [6, 6.07) is 13.9. The maximum absolute atomic E-state index is 6.02. The number of nitrogens with zero attached hydrogens (tertiary/aromatic N) is 1. The van der Waals surface area contributed by atoms with Crippen LogP contribution in [0.2, 0.25) is 5.02 Å². The van der Waals surface area contributed by atoms with Gasteiger partial charge in [-0.2, -0.15) is 0 Å². The van der Waals surface area contributed by atoms with Crippen molar-refractivity contribution in [1.82, 2.24) is 10.2 Å². The van der Waals surface area contributed by atoms with Gasteiger partial charge in [0.05, 0.1) is 0 Å². The quantitative estimate of drug-likeness (QED) is 0.604. The highest BCUT2D eigenvalue weighted by Gasteiger charge is 2.06. The summed E-state index contributed by atoms with van der Waals surface area (Å²) in [6.07, 6.45) is 1.12. The predicted octanol–water partition coefficient (Wildman–Crippen LogP) is 4.72. The molecule has 5 heteroatoms. The molecule has 0 atom stereocenters. The van der Waals surface area contributed by atoms with Crippen molar-refractivity contribution in [3.8, 4) is 5.75 Å². The summed E-state index contributed by atoms with van der Waals surface area (Å²) < 4.78 is 7.06. The van der Waals surface area contributed by atoms with Gasteiger partial charge in [-0.15, -0.1) is 0 Å². The normalized spacial score (nSPS) is 11.0. The van der Waals surface area contributed by atoms with Gasteiger partial charge in [0.1, 0.15) is 12.4 Å². The fraction of sp³-hybridized carbons (Fsp3) is 0.368. The highest BCUT2D eigenvalue weighted by molar-refractivity contribution is 9.10. The zero-order valence-electron chi connectivity index (χ0n) is 14.2. The van der Waals surface area contributed by atoms with E-state index in [1.54, 1.807) is 0 Å². The Kier molecular flexibility index (Phi) is 8.06. The Hall–Kier alpha value is -1.07. The van der Waals surface area contributed by atoms with E-state index in [1.807, 2.05) is 36.4 Å². The molecule has 0 fully saturated rings. The Bertz CT molecular complexity index is 649. The van der Waals surface area contributed by atoms with Gasteiger partial charge < -0.3 is 15.0 Å². The summed E-state index contributed by atoms with van der Waals surface area (Å²) in [5.41, 5.74) is 2.21. The van der Waals surface area contributed by atoms with Crippen LogP contribution in [0.4, 0.5) is 0 Å². The van der Waals surface area contributed by atoms with Crippen LogP contribution in [-0.4, -0.2) is 32.1 Å². The lowest BCUT2D eigenvalue weighted by molar-refractivity contribution is 0.302. The number of hydrogen-bond donors (Lipinski definition) is 1. The lowest BCUT2D eigenvalue weighted by atomic mass is 10.2. The molecule has 0 bridgehead atoms. The van der Waals surface area contributed by atoms with Crippen LogP contribution >= 0.6 is 27.5 Å². The van der Waals surface area contributed by atoms with E-state index in [0.717, 1.165) is 52.4 Å². The molecular formula is C19H24BrClN2O. The van der Waals surface area contributed by atoms with Crippen molar-refractivity contribution < 1.29 is 4.74 Å². The minimum absolute atomic E-state index is 0.510. The molecule has 0 radical (unpaired) electrons. The third kappa shape index (κ3) is 6.81. The largest absolute Gasteiger partial charge is 0.489 e. The molecular weight excluding hydrogens is 388 g/mol. The van der Waals surface area contributed by atoms with Crippen molar-refractivity contribution in [2.24, 2.45) is 0 Å². The zero-order chi connectivity index (χ0) is 17.4. The van der Waals surface area contributed by atoms with Gasteiger partial charge >= 0.3 is 0 Å². The van der Waals surface area contributed by atoms with Crippen LogP contribution in [0.25, 0.3) is 0 Å². The number of ether oxygens (including phenoxy) is 1. The first-order chi connectivity index (χ1) is 11.5. The maximum atomic E-state index is 6.02. The predicted molar refractivity (Wildman–Crippen MR) is 105 cm³/mol. The molecule has 2 rings (SSSR count). The second kappa shape index (κ2) is 10.0. The van der Waals surface area contributed by atoms with Crippen LogP contribution in [-0.2, 0) is 13.2 Å². The lowest BCUT2D eigenvalue weighted by Gasteiger charge is -2.14. The summed E-state index contributed by atoms with van der Waals surface area (Å²) in [4.78, 5) is 2.19. The van der Waals surface area contributed by atoms with Gasteiger partial charge in [-0.25, -0.2) is 0 Å². The summed E-state index contributed by atoms with van der Waals surface area (Å²) >= 11 is 9.56. The van der Waals surface area contributed by atoms with E-state index >= 15 is 0 Å². The molecule has 0 amide bonds. The van der Waals surface area contributed by atoms with E-state index in [2.05, 4.69) is 46.3 Å². The standard InChI is InChI=1S/C19H24BrClN2O/c1-23(2)10-4-9-22-13-16-12-17(20)7-8-19(16)24-14-15-5-3-6-18(21)11-15/h3,5-8,11-12,22H,4,9-10,13-14H2,1-2H3. The van der Waals surface area contributed by atoms with Crippen molar-refractivity contribution in [2.45, 2.75) is 19.6 Å². The van der Waals surface area contributed by atoms with Crippen molar-refractivity contribution in [2.75, 3.05) is 27.2 Å². The van der Waals surface area contributed by atoms with Crippen LogP contribution in [0.3, 0.4) is 0 Å². The first kappa shape index (κ1) is 19.3. The number of nitrogens with one attached hydrogen (secondary N) is 1. The molecule has 0 aliphatic carbocycles. The minimum atomic E-state index is 0.510. The van der Waals surface area contributed by atoms with E-state index in [1.165, 1.54) is 0 Å². The van der Waals surface area contributed by atoms with Crippen LogP contribution in [0.5, 0.6) is 5.75 Å². The molecule has 0 aromatic heterocycles. The molecule has 2 aromatic rings. The van der Waals surface area contributed by atoms with Gasteiger partial charge in [0.2, 0.25) is 0 Å². The van der Waals surface area contributed by atoms with Crippen molar-refractivity contribution in [3.63, 3.8) is 0 Å². The first-order valence-corrected chi connectivity index (χ1v) is 9.23.